The zero-order valence-corrected chi connectivity index (χ0v) is 14.4. The average Bonchev–Trinajstić information content (AvgIpc) is 3.00. The van der Waals surface area contributed by atoms with E-state index < -0.39 is 0 Å². The van der Waals surface area contributed by atoms with Crippen molar-refractivity contribution in [2.24, 2.45) is 0 Å². The van der Waals surface area contributed by atoms with Crippen LogP contribution in [0.4, 0.5) is 0 Å². The minimum absolute atomic E-state index is 0.350. The summed E-state index contributed by atoms with van der Waals surface area (Å²) in [5, 5.41) is 3.31. The lowest BCUT2D eigenvalue weighted by molar-refractivity contribution is 0.0897. The largest absolute Gasteiger partial charge is 0.493 e. The van der Waals surface area contributed by atoms with Crippen molar-refractivity contribution in [3.8, 4) is 11.5 Å². The molecule has 0 radical (unpaired) electrons. The molecule has 1 saturated heterocycles. The minimum Gasteiger partial charge on any atom is -0.493 e. The van der Waals surface area contributed by atoms with Crippen LogP contribution in [0.2, 0.25) is 0 Å². The Morgan fingerprint density at radius 3 is 2.95 bits per heavy atom. The fourth-order valence-electron chi connectivity index (χ4n) is 2.45. The Morgan fingerprint density at radius 2 is 2.29 bits per heavy atom. The zero-order chi connectivity index (χ0) is 15.1. The molecule has 2 rings (SSSR count). The van der Waals surface area contributed by atoms with E-state index in [0.717, 1.165) is 54.9 Å². The van der Waals surface area contributed by atoms with Gasteiger partial charge in [-0.1, -0.05) is 6.92 Å². The van der Waals surface area contributed by atoms with Crippen LogP contribution < -0.4 is 14.8 Å². The summed E-state index contributed by atoms with van der Waals surface area (Å²) in [5.74, 6) is 1.54. The molecule has 1 heterocycles. The van der Waals surface area contributed by atoms with Crippen LogP contribution in [0.1, 0.15) is 31.7 Å². The van der Waals surface area contributed by atoms with Gasteiger partial charge in [0, 0.05) is 19.6 Å². The van der Waals surface area contributed by atoms with Gasteiger partial charge >= 0.3 is 0 Å². The van der Waals surface area contributed by atoms with Crippen LogP contribution in [0.5, 0.6) is 11.5 Å². The van der Waals surface area contributed by atoms with Crippen molar-refractivity contribution in [2.45, 2.75) is 38.8 Å². The van der Waals surface area contributed by atoms with Crippen molar-refractivity contribution in [1.82, 2.24) is 5.32 Å². The van der Waals surface area contributed by atoms with E-state index in [1.165, 1.54) is 5.56 Å². The predicted octanol–water partition coefficient (Wildman–Crippen LogP) is 3.52. The van der Waals surface area contributed by atoms with Crippen LogP contribution in [-0.2, 0) is 11.3 Å². The molecule has 1 aromatic carbocycles. The molecule has 21 heavy (non-hydrogen) atoms. The van der Waals surface area contributed by atoms with E-state index in [0.29, 0.717) is 12.7 Å². The fraction of sp³-hybridized carbons (Fsp3) is 0.625. The number of hydrogen-bond donors (Lipinski definition) is 1. The molecule has 0 aromatic heterocycles. The number of hydrogen-bond acceptors (Lipinski definition) is 4. The molecule has 0 saturated carbocycles. The minimum atomic E-state index is 0.350. The van der Waals surface area contributed by atoms with Gasteiger partial charge in [0.05, 0.1) is 24.3 Å². The summed E-state index contributed by atoms with van der Waals surface area (Å²) in [6.45, 7) is 5.39. The monoisotopic (exact) mass is 357 g/mol. The molecule has 1 aromatic rings. The summed E-state index contributed by atoms with van der Waals surface area (Å²) in [5.41, 5.74) is 1.17. The van der Waals surface area contributed by atoms with E-state index >= 15 is 0 Å². The van der Waals surface area contributed by atoms with Crippen LogP contribution in [0.15, 0.2) is 16.6 Å². The van der Waals surface area contributed by atoms with Gasteiger partial charge in [-0.25, -0.2) is 0 Å². The lowest BCUT2D eigenvalue weighted by atomic mass is 10.2. The molecule has 1 atom stereocenters. The van der Waals surface area contributed by atoms with Gasteiger partial charge in [0.2, 0.25) is 0 Å². The summed E-state index contributed by atoms with van der Waals surface area (Å²) >= 11 is 3.58. The Morgan fingerprint density at radius 1 is 1.43 bits per heavy atom. The van der Waals surface area contributed by atoms with Crippen LogP contribution >= 0.6 is 15.9 Å². The van der Waals surface area contributed by atoms with E-state index in [9.17, 15) is 0 Å². The maximum Gasteiger partial charge on any atom is 0.175 e. The van der Waals surface area contributed by atoms with Gasteiger partial charge in [0.25, 0.3) is 0 Å². The van der Waals surface area contributed by atoms with Crippen molar-refractivity contribution in [1.29, 1.82) is 0 Å². The van der Waals surface area contributed by atoms with Gasteiger partial charge in [-0.15, -0.1) is 0 Å². The summed E-state index contributed by atoms with van der Waals surface area (Å²) in [6.07, 6.45) is 3.58. The molecule has 5 heteroatoms. The quantitative estimate of drug-likeness (QED) is 0.772. The van der Waals surface area contributed by atoms with E-state index in [1.54, 1.807) is 7.11 Å². The highest BCUT2D eigenvalue weighted by Gasteiger charge is 2.17. The third-order valence-corrected chi connectivity index (χ3v) is 4.17. The van der Waals surface area contributed by atoms with Crippen LogP contribution in [0.3, 0.4) is 0 Å². The molecule has 0 amide bonds. The zero-order valence-electron chi connectivity index (χ0n) is 12.8. The smallest absolute Gasteiger partial charge is 0.175 e. The van der Waals surface area contributed by atoms with Gasteiger partial charge < -0.3 is 19.5 Å². The van der Waals surface area contributed by atoms with Crippen LogP contribution in [-0.4, -0.2) is 33.0 Å². The number of methoxy groups -OCH3 is 1. The fourth-order valence-corrected chi connectivity index (χ4v) is 3.05. The summed E-state index contributed by atoms with van der Waals surface area (Å²) < 4.78 is 17.9. The Hall–Kier alpha value is -0.780. The number of ether oxygens (including phenoxy) is 3. The number of rotatable bonds is 8. The molecule has 1 N–H and O–H groups in total. The SMILES string of the molecule is CCNCc1cc(Br)c(OCCC2CCCO2)c(OC)c1. The molecule has 1 unspecified atom stereocenters. The van der Waals surface area contributed by atoms with Crippen molar-refractivity contribution in [2.75, 3.05) is 26.9 Å². The third-order valence-electron chi connectivity index (χ3n) is 3.58. The second-order valence-electron chi connectivity index (χ2n) is 5.16. The molecule has 0 aliphatic carbocycles. The Bertz CT molecular complexity index is 447. The molecule has 118 valence electrons. The first kappa shape index (κ1) is 16.6. The second-order valence-corrected chi connectivity index (χ2v) is 6.02. The summed E-state index contributed by atoms with van der Waals surface area (Å²) in [7, 11) is 1.67. The molecule has 1 aliphatic rings. The standard InChI is InChI=1S/C16H24BrNO3/c1-3-18-11-12-9-14(17)16(15(10-12)19-2)21-8-6-13-5-4-7-20-13/h9-10,13,18H,3-8,11H2,1-2H3. The molecule has 4 nitrogen and oxygen atoms in total. The molecule has 0 spiro atoms. The second kappa shape index (κ2) is 8.61. The molecular weight excluding hydrogens is 334 g/mol. The maximum absolute atomic E-state index is 5.91. The average molecular weight is 358 g/mol. The van der Waals surface area contributed by atoms with E-state index in [4.69, 9.17) is 14.2 Å². The van der Waals surface area contributed by atoms with Gasteiger partial charge in [0.1, 0.15) is 0 Å². The number of benzene rings is 1. The molecule has 0 bridgehead atoms. The molecular formula is C16H24BrNO3. The first-order chi connectivity index (χ1) is 10.2. The first-order valence-corrected chi connectivity index (χ1v) is 8.35. The van der Waals surface area contributed by atoms with E-state index in [2.05, 4.69) is 34.2 Å². The van der Waals surface area contributed by atoms with Gasteiger partial charge in [-0.05, 0) is 53.0 Å². The highest BCUT2D eigenvalue weighted by atomic mass is 79.9. The maximum atomic E-state index is 5.91. The highest BCUT2D eigenvalue weighted by Crippen LogP contribution is 2.37. The van der Waals surface area contributed by atoms with Gasteiger partial charge in [-0.2, -0.15) is 0 Å². The van der Waals surface area contributed by atoms with Gasteiger partial charge in [-0.3, -0.25) is 0 Å². The van der Waals surface area contributed by atoms with Crippen LogP contribution in [0.25, 0.3) is 0 Å². The van der Waals surface area contributed by atoms with E-state index in [1.807, 2.05) is 6.07 Å². The summed E-state index contributed by atoms with van der Waals surface area (Å²) in [6, 6.07) is 4.10. The van der Waals surface area contributed by atoms with Crippen molar-refractivity contribution < 1.29 is 14.2 Å². The Kier molecular flexibility index (Phi) is 6.80. The van der Waals surface area contributed by atoms with Crippen molar-refractivity contribution in [3.05, 3.63) is 22.2 Å². The third kappa shape index (κ3) is 4.87. The predicted molar refractivity (Wildman–Crippen MR) is 87.2 cm³/mol. The normalized spacial score (nSPS) is 18.0. The van der Waals surface area contributed by atoms with E-state index in [-0.39, 0.29) is 0 Å². The molecule has 1 aliphatic heterocycles. The molecule has 1 fully saturated rings. The Labute approximate surface area is 135 Å². The summed E-state index contributed by atoms with van der Waals surface area (Å²) in [4.78, 5) is 0. The lowest BCUT2D eigenvalue weighted by Crippen LogP contribution is -2.13. The van der Waals surface area contributed by atoms with Crippen molar-refractivity contribution in [3.63, 3.8) is 0 Å². The topological polar surface area (TPSA) is 39.7 Å². The van der Waals surface area contributed by atoms with Crippen LogP contribution in [0, 0.1) is 0 Å². The Balaban J connectivity index is 1.96. The highest BCUT2D eigenvalue weighted by molar-refractivity contribution is 9.10. The number of halogens is 1. The van der Waals surface area contributed by atoms with Crippen molar-refractivity contribution >= 4 is 15.9 Å². The lowest BCUT2D eigenvalue weighted by Gasteiger charge is -2.16. The van der Waals surface area contributed by atoms with Gasteiger partial charge in [0.15, 0.2) is 11.5 Å². The first-order valence-electron chi connectivity index (χ1n) is 7.56. The number of nitrogens with one attached hydrogen (secondary N) is 1.